The third kappa shape index (κ3) is 2.07. The molecule has 2 bridgehead atoms. The number of benzene rings is 1. The van der Waals surface area contributed by atoms with Gasteiger partial charge in [0, 0.05) is 22.9 Å². The number of likely N-dealkylation sites (N-methyl/N-ethyl adjacent to an activating group) is 1. The van der Waals surface area contributed by atoms with Crippen LogP contribution in [0.4, 0.5) is 0 Å². The molecule has 0 radical (unpaired) electrons. The normalized spacial score (nSPS) is 37.3. The summed E-state index contributed by atoms with van der Waals surface area (Å²) in [5, 5.41) is 10.6. The summed E-state index contributed by atoms with van der Waals surface area (Å²) in [7, 11) is -1.50. The SMILES string of the molecule is CN1CC[C@]23c4c5cc(Br)c(O)c4O[C@H]2[C@@H](OS(C)(=O)=O)C=C[C@H]3[C@H]1C5. The second kappa shape index (κ2) is 5.25. The van der Waals surface area contributed by atoms with Gasteiger partial charge in [-0.15, -0.1) is 0 Å². The number of likely N-dealkylation sites (tertiary alicyclic amines) is 1. The van der Waals surface area contributed by atoms with Crippen LogP contribution in [0.3, 0.4) is 0 Å². The molecule has 0 unspecified atom stereocenters. The average Bonchev–Trinajstić information content (AvgIpc) is 2.90. The summed E-state index contributed by atoms with van der Waals surface area (Å²) in [5.41, 5.74) is 1.85. The fourth-order valence-corrected chi connectivity index (χ4v) is 6.57. The summed E-state index contributed by atoms with van der Waals surface area (Å²) in [4.78, 5) is 2.37. The Balaban J connectivity index is 1.75. The van der Waals surface area contributed by atoms with Crippen LogP contribution in [0.15, 0.2) is 22.7 Å². The predicted molar refractivity (Wildman–Crippen MR) is 99.0 cm³/mol. The lowest BCUT2D eigenvalue weighted by atomic mass is 9.53. The fourth-order valence-electron chi connectivity index (χ4n) is 5.54. The molecule has 1 spiro atoms. The van der Waals surface area contributed by atoms with E-state index in [1.165, 1.54) is 0 Å². The van der Waals surface area contributed by atoms with Crippen LogP contribution in [0.1, 0.15) is 17.5 Å². The molecule has 8 heteroatoms. The van der Waals surface area contributed by atoms with Gasteiger partial charge in [-0.05, 0) is 54.0 Å². The molecule has 1 aromatic carbocycles. The van der Waals surface area contributed by atoms with E-state index in [0.29, 0.717) is 16.3 Å². The maximum absolute atomic E-state index is 11.8. The Labute approximate surface area is 161 Å². The lowest BCUT2D eigenvalue weighted by molar-refractivity contribution is -0.0365. The highest BCUT2D eigenvalue weighted by molar-refractivity contribution is 9.10. The number of piperidine rings is 1. The molecule has 5 atom stereocenters. The molecule has 1 saturated heterocycles. The minimum absolute atomic E-state index is 0.0850. The summed E-state index contributed by atoms with van der Waals surface area (Å²) in [6.45, 7) is 0.899. The van der Waals surface area contributed by atoms with Gasteiger partial charge in [-0.2, -0.15) is 8.42 Å². The molecule has 1 aromatic rings. The van der Waals surface area contributed by atoms with Crippen LogP contribution in [-0.4, -0.2) is 56.5 Å². The van der Waals surface area contributed by atoms with E-state index in [0.717, 1.165) is 36.8 Å². The summed E-state index contributed by atoms with van der Waals surface area (Å²) in [5.74, 6) is 0.778. The number of nitrogens with zero attached hydrogens (tertiary/aromatic N) is 1. The Morgan fingerprint density at radius 3 is 2.92 bits per heavy atom. The second-order valence-electron chi connectivity index (χ2n) is 7.83. The van der Waals surface area contributed by atoms with Crippen LogP contribution in [0.2, 0.25) is 0 Å². The zero-order valence-electron chi connectivity index (χ0n) is 14.5. The lowest BCUT2D eigenvalue weighted by Gasteiger charge is -2.56. The summed E-state index contributed by atoms with van der Waals surface area (Å²) in [6, 6.07) is 2.30. The van der Waals surface area contributed by atoms with Crippen LogP contribution < -0.4 is 4.74 Å². The second-order valence-corrected chi connectivity index (χ2v) is 10.3. The third-order valence-corrected chi connectivity index (χ3v) is 7.66. The first-order chi connectivity index (χ1) is 12.2. The van der Waals surface area contributed by atoms with Crippen molar-refractivity contribution < 1.29 is 22.4 Å². The first-order valence-corrected chi connectivity index (χ1v) is 11.3. The van der Waals surface area contributed by atoms with Crippen molar-refractivity contribution in [3.05, 3.63) is 33.8 Å². The van der Waals surface area contributed by atoms with Gasteiger partial charge in [0.2, 0.25) is 0 Å². The molecule has 2 heterocycles. The number of aromatic hydroxyl groups is 1. The van der Waals surface area contributed by atoms with E-state index in [4.69, 9.17) is 8.92 Å². The average molecular weight is 442 g/mol. The van der Waals surface area contributed by atoms with Gasteiger partial charge in [-0.3, -0.25) is 4.18 Å². The predicted octanol–water partition coefficient (Wildman–Crippen LogP) is 1.94. The van der Waals surface area contributed by atoms with Gasteiger partial charge in [0.05, 0.1) is 10.7 Å². The minimum atomic E-state index is -3.63. The first-order valence-electron chi connectivity index (χ1n) is 8.70. The molecule has 1 N–H and O–H groups in total. The number of hydrogen-bond acceptors (Lipinski definition) is 6. The van der Waals surface area contributed by atoms with Gasteiger partial charge in [0.15, 0.2) is 11.5 Å². The maximum Gasteiger partial charge on any atom is 0.265 e. The highest BCUT2D eigenvalue weighted by Gasteiger charge is 2.65. The van der Waals surface area contributed by atoms with E-state index in [9.17, 15) is 13.5 Å². The van der Waals surface area contributed by atoms with E-state index < -0.39 is 22.3 Å². The van der Waals surface area contributed by atoms with Crippen LogP contribution >= 0.6 is 15.9 Å². The van der Waals surface area contributed by atoms with Gasteiger partial charge in [0.25, 0.3) is 10.1 Å². The quantitative estimate of drug-likeness (QED) is 0.558. The highest BCUT2D eigenvalue weighted by Crippen LogP contribution is 2.63. The molecule has 5 rings (SSSR count). The van der Waals surface area contributed by atoms with Gasteiger partial charge in [-0.25, -0.2) is 0 Å². The van der Waals surface area contributed by atoms with Crippen molar-refractivity contribution in [2.45, 2.75) is 36.5 Å². The molecule has 0 amide bonds. The van der Waals surface area contributed by atoms with Gasteiger partial charge in [-0.1, -0.05) is 12.2 Å². The Kier molecular flexibility index (Phi) is 3.44. The van der Waals surface area contributed by atoms with E-state index >= 15 is 0 Å². The Hall–Kier alpha value is -1.09. The van der Waals surface area contributed by atoms with Crippen molar-refractivity contribution >= 4 is 26.0 Å². The number of rotatable bonds is 2. The Morgan fingerprint density at radius 2 is 2.19 bits per heavy atom. The summed E-state index contributed by atoms with van der Waals surface area (Å²) < 4.78 is 35.8. The van der Waals surface area contributed by atoms with Gasteiger partial charge in [0.1, 0.15) is 12.2 Å². The van der Waals surface area contributed by atoms with Gasteiger partial charge < -0.3 is 14.7 Å². The van der Waals surface area contributed by atoms with Crippen LogP contribution in [0, 0.1) is 5.92 Å². The largest absolute Gasteiger partial charge is 0.503 e. The molecule has 4 aliphatic rings. The third-order valence-electron chi connectivity index (χ3n) is 6.48. The summed E-state index contributed by atoms with van der Waals surface area (Å²) in [6.07, 6.45) is 5.55. The number of ether oxygens (including phenoxy) is 1. The number of phenols is 1. The molecular weight excluding hydrogens is 422 g/mol. The lowest BCUT2D eigenvalue weighted by Crippen LogP contribution is -2.65. The molecule has 1 fully saturated rings. The van der Waals surface area contributed by atoms with Gasteiger partial charge >= 0.3 is 0 Å². The molecular formula is C18H20BrNO5S. The monoisotopic (exact) mass is 441 g/mol. The van der Waals surface area contributed by atoms with Crippen LogP contribution in [-0.2, 0) is 26.1 Å². The molecule has 0 aromatic heterocycles. The van der Waals surface area contributed by atoms with Crippen molar-refractivity contribution in [2.24, 2.45) is 5.92 Å². The molecule has 6 nitrogen and oxygen atoms in total. The van der Waals surface area contributed by atoms with E-state index in [1.807, 2.05) is 12.1 Å². The minimum Gasteiger partial charge on any atom is -0.503 e. The molecule has 26 heavy (non-hydrogen) atoms. The van der Waals surface area contributed by atoms with Crippen molar-refractivity contribution in [3.63, 3.8) is 0 Å². The Bertz CT molecular complexity index is 945. The summed E-state index contributed by atoms with van der Waals surface area (Å²) >= 11 is 3.43. The first kappa shape index (κ1) is 17.0. The van der Waals surface area contributed by atoms with Crippen molar-refractivity contribution in [3.8, 4) is 11.5 Å². The fraction of sp³-hybridized carbons (Fsp3) is 0.556. The molecule has 0 saturated carbocycles. The van der Waals surface area contributed by atoms with Crippen molar-refractivity contribution in [1.29, 1.82) is 0 Å². The molecule has 140 valence electrons. The zero-order valence-corrected chi connectivity index (χ0v) is 16.9. The smallest absolute Gasteiger partial charge is 0.265 e. The van der Waals surface area contributed by atoms with E-state index in [2.05, 4.69) is 34.0 Å². The van der Waals surface area contributed by atoms with Crippen molar-refractivity contribution in [2.75, 3.05) is 19.8 Å². The topological polar surface area (TPSA) is 76.1 Å². The van der Waals surface area contributed by atoms with Crippen LogP contribution in [0.5, 0.6) is 11.5 Å². The number of halogens is 1. The molecule has 2 aliphatic heterocycles. The Morgan fingerprint density at radius 1 is 1.42 bits per heavy atom. The van der Waals surface area contributed by atoms with Crippen LogP contribution in [0.25, 0.3) is 0 Å². The number of phenolic OH excluding ortho intramolecular Hbond substituents is 1. The van der Waals surface area contributed by atoms with Crippen molar-refractivity contribution in [1.82, 2.24) is 4.90 Å². The van der Waals surface area contributed by atoms with E-state index in [1.54, 1.807) is 0 Å². The number of hydrogen-bond donors (Lipinski definition) is 1. The zero-order chi connectivity index (χ0) is 18.4. The van der Waals surface area contributed by atoms with E-state index in [-0.39, 0.29) is 17.1 Å². The highest BCUT2D eigenvalue weighted by atomic mass is 79.9. The molecule has 2 aliphatic carbocycles. The maximum atomic E-state index is 11.8. The standard InChI is InChI=1S/C18H20BrNO5S/c1-20-6-5-18-10-3-4-13(25-26(2,22)23)17(18)24-16-14(18)9(8-12(10)20)7-11(19)15(16)21/h3-4,7,10,12-13,17,21H,5-6,8H2,1-2H3/t10-,12+,13-,17-,18-/m0/s1.